The second-order valence-electron chi connectivity index (χ2n) is 5.66. The fourth-order valence-corrected chi connectivity index (χ4v) is 3.82. The summed E-state index contributed by atoms with van der Waals surface area (Å²) in [5, 5.41) is 0.631. The van der Waals surface area contributed by atoms with E-state index in [1.54, 1.807) is 6.07 Å². The maximum Gasteiger partial charge on any atom is 0.271 e. The summed E-state index contributed by atoms with van der Waals surface area (Å²) < 4.78 is 1.93. The number of aromatic nitrogens is 1. The molecule has 104 valence electrons. The first-order valence-corrected chi connectivity index (χ1v) is 7.42. The minimum atomic E-state index is 0.119. The van der Waals surface area contributed by atoms with Gasteiger partial charge in [-0.3, -0.25) is 4.79 Å². The van der Waals surface area contributed by atoms with E-state index < -0.39 is 0 Å². The van der Waals surface area contributed by atoms with Gasteiger partial charge in [-0.2, -0.15) is 0 Å². The van der Waals surface area contributed by atoms with E-state index >= 15 is 0 Å². The molecule has 1 aromatic rings. The van der Waals surface area contributed by atoms with Gasteiger partial charge in [-0.05, 0) is 38.7 Å². The Bertz CT molecular complexity index is 485. The maximum absolute atomic E-state index is 12.8. The summed E-state index contributed by atoms with van der Waals surface area (Å²) in [6.45, 7) is 2.78. The van der Waals surface area contributed by atoms with Crippen molar-refractivity contribution in [3.05, 3.63) is 23.0 Å². The number of halogens is 1. The zero-order chi connectivity index (χ0) is 13.6. The normalized spacial score (nSPS) is 29.8. The smallest absolute Gasteiger partial charge is 0.271 e. The SMILES string of the molecule is CCn1cc(Cl)cc1C(=O)N1C2CCC1CC(N)C2. The van der Waals surface area contributed by atoms with Crippen molar-refractivity contribution < 1.29 is 4.79 Å². The van der Waals surface area contributed by atoms with Gasteiger partial charge in [0.2, 0.25) is 0 Å². The van der Waals surface area contributed by atoms with Gasteiger partial charge in [0, 0.05) is 30.9 Å². The first kappa shape index (κ1) is 13.0. The predicted molar refractivity (Wildman–Crippen MR) is 75.3 cm³/mol. The highest BCUT2D eigenvalue weighted by Crippen LogP contribution is 2.36. The molecule has 19 heavy (non-hydrogen) atoms. The minimum absolute atomic E-state index is 0.119. The molecule has 2 atom stereocenters. The highest BCUT2D eigenvalue weighted by molar-refractivity contribution is 6.31. The van der Waals surface area contributed by atoms with Crippen molar-refractivity contribution >= 4 is 17.5 Å². The van der Waals surface area contributed by atoms with E-state index in [9.17, 15) is 4.79 Å². The van der Waals surface area contributed by atoms with Crippen molar-refractivity contribution in [1.29, 1.82) is 0 Å². The van der Waals surface area contributed by atoms with Gasteiger partial charge in [0.1, 0.15) is 5.69 Å². The molecule has 2 saturated heterocycles. The van der Waals surface area contributed by atoms with E-state index in [-0.39, 0.29) is 11.9 Å². The molecule has 2 aliphatic rings. The average Bonchev–Trinajstić information content (AvgIpc) is 2.87. The summed E-state index contributed by atoms with van der Waals surface area (Å²) in [5.41, 5.74) is 6.76. The summed E-state index contributed by atoms with van der Waals surface area (Å²) in [6.07, 6.45) is 5.87. The van der Waals surface area contributed by atoms with Gasteiger partial charge in [0.25, 0.3) is 5.91 Å². The second kappa shape index (κ2) is 4.84. The fraction of sp³-hybridized carbons (Fsp3) is 0.643. The molecule has 3 rings (SSSR count). The summed E-state index contributed by atoms with van der Waals surface area (Å²) in [5.74, 6) is 0.119. The molecule has 2 bridgehead atoms. The fourth-order valence-electron chi connectivity index (χ4n) is 3.60. The molecule has 2 unspecified atom stereocenters. The molecule has 5 heteroatoms. The molecule has 0 spiro atoms. The molecule has 1 amide bonds. The van der Waals surface area contributed by atoms with Crippen molar-refractivity contribution in [2.45, 2.75) is 57.3 Å². The van der Waals surface area contributed by atoms with Crippen LogP contribution in [0, 0.1) is 0 Å². The largest absolute Gasteiger partial charge is 0.342 e. The van der Waals surface area contributed by atoms with Crippen LogP contribution in [0.1, 0.15) is 43.1 Å². The van der Waals surface area contributed by atoms with Gasteiger partial charge in [-0.25, -0.2) is 0 Å². The monoisotopic (exact) mass is 281 g/mol. The molecule has 0 saturated carbocycles. The van der Waals surface area contributed by atoms with Crippen LogP contribution in [-0.2, 0) is 6.54 Å². The lowest BCUT2D eigenvalue weighted by molar-refractivity contribution is 0.0564. The lowest BCUT2D eigenvalue weighted by Gasteiger charge is -2.37. The Balaban J connectivity index is 1.88. The molecule has 2 N–H and O–H groups in total. The lowest BCUT2D eigenvalue weighted by atomic mass is 9.98. The Hall–Kier alpha value is -1.00. The topological polar surface area (TPSA) is 51.3 Å². The molecule has 3 heterocycles. The third kappa shape index (κ3) is 2.17. The number of piperidine rings is 1. The van der Waals surface area contributed by atoms with Crippen LogP contribution in [0.4, 0.5) is 0 Å². The van der Waals surface area contributed by atoms with Crippen LogP contribution in [0.5, 0.6) is 0 Å². The second-order valence-corrected chi connectivity index (χ2v) is 6.09. The van der Waals surface area contributed by atoms with E-state index in [0.717, 1.165) is 32.2 Å². The molecule has 0 radical (unpaired) electrons. The van der Waals surface area contributed by atoms with Gasteiger partial charge in [-0.15, -0.1) is 0 Å². The zero-order valence-electron chi connectivity index (χ0n) is 11.2. The summed E-state index contributed by atoms with van der Waals surface area (Å²) in [4.78, 5) is 14.8. The first-order chi connectivity index (χ1) is 9.10. The van der Waals surface area contributed by atoms with Gasteiger partial charge < -0.3 is 15.2 Å². The molecule has 2 fully saturated rings. The number of fused-ring (bicyclic) bond motifs is 2. The molecule has 0 aliphatic carbocycles. The summed E-state index contributed by atoms with van der Waals surface area (Å²) >= 11 is 6.03. The number of hydrogen-bond donors (Lipinski definition) is 1. The van der Waals surface area contributed by atoms with Gasteiger partial charge >= 0.3 is 0 Å². The van der Waals surface area contributed by atoms with Crippen molar-refractivity contribution in [2.24, 2.45) is 5.73 Å². The molecule has 1 aromatic heterocycles. The molecule has 0 aromatic carbocycles. The van der Waals surface area contributed by atoms with E-state index in [1.165, 1.54) is 0 Å². The standard InChI is InChI=1S/C14H20ClN3O/c1-2-17-8-9(15)5-13(17)14(19)18-11-3-4-12(18)7-10(16)6-11/h5,8,10-12H,2-4,6-7,16H2,1H3. The van der Waals surface area contributed by atoms with Gasteiger partial charge in [-0.1, -0.05) is 11.6 Å². The number of hydrogen-bond acceptors (Lipinski definition) is 2. The predicted octanol–water partition coefficient (Wildman–Crippen LogP) is 2.26. The Morgan fingerprint density at radius 1 is 1.42 bits per heavy atom. The van der Waals surface area contributed by atoms with E-state index in [1.807, 2.05) is 17.7 Å². The highest BCUT2D eigenvalue weighted by Gasteiger charge is 2.43. The van der Waals surface area contributed by atoms with E-state index in [0.29, 0.717) is 22.8 Å². The van der Waals surface area contributed by atoms with Crippen molar-refractivity contribution in [2.75, 3.05) is 0 Å². The third-order valence-corrected chi connectivity index (χ3v) is 4.63. The maximum atomic E-state index is 12.8. The molecular weight excluding hydrogens is 262 g/mol. The number of amides is 1. The Kier molecular flexibility index (Phi) is 3.31. The number of carbonyl (C=O) groups is 1. The van der Waals surface area contributed by atoms with Gasteiger partial charge in [0.15, 0.2) is 0 Å². The van der Waals surface area contributed by atoms with Crippen LogP contribution < -0.4 is 5.73 Å². The number of carbonyl (C=O) groups excluding carboxylic acids is 1. The van der Waals surface area contributed by atoms with Gasteiger partial charge in [0.05, 0.1) is 5.02 Å². The van der Waals surface area contributed by atoms with Crippen LogP contribution in [0.15, 0.2) is 12.3 Å². The van der Waals surface area contributed by atoms with Crippen molar-refractivity contribution in [1.82, 2.24) is 9.47 Å². The van der Waals surface area contributed by atoms with Crippen LogP contribution >= 0.6 is 11.6 Å². The number of nitrogens with two attached hydrogens (primary N) is 1. The summed E-state index contributed by atoms with van der Waals surface area (Å²) in [6, 6.07) is 2.67. The summed E-state index contributed by atoms with van der Waals surface area (Å²) in [7, 11) is 0. The van der Waals surface area contributed by atoms with Crippen LogP contribution in [0.25, 0.3) is 0 Å². The Morgan fingerprint density at radius 3 is 2.63 bits per heavy atom. The van der Waals surface area contributed by atoms with Crippen molar-refractivity contribution in [3.63, 3.8) is 0 Å². The minimum Gasteiger partial charge on any atom is -0.342 e. The molecular formula is C14H20ClN3O. The van der Waals surface area contributed by atoms with E-state index in [4.69, 9.17) is 17.3 Å². The quantitative estimate of drug-likeness (QED) is 0.904. The van der Waals surface area contributed by atoms with Crippen LogP contribution in [-0.4, -0.2) is 33.5 Å². The van der Waals surface area contributed by atoms with Crippen LogP contribution in [0.2, 0.25) is 5.02 Å². The number of rotatable bonds is 2. The third-order valence-electron chi connectivity index (χ3n) is 4.43. The lowest BCUT2D eigenvalue weighted by Crippen LogP contribution is -2.50. The zero-order valence-corrected chi connectivity index (χ0v) is 11.9. The average molecular weight is 282 g/mol. The first-order valence-electron chi connectivity index (χ1n) is 7.04. The van der Waals surface area contributed by atoms with Crippen LogP contribution in [0.3, 0.4) is 0 Å². The highest BCUT2D eigenvalue weighted by atomic mass is 35.5. The Morgan fingerprint density at radius 2 is 2.05 bits per heavy atom. The number of nitrogens with zero attached hydrogens (tertiary/aromatic N) is 2. The van der Waals surface area contributed by atoms with Crippen molar-refractivity contribution in [3.8, 4) is 0 Å². The molecule has 2 aliphatic heterocycles. The Labute approximate surface area is 118 Å². The molecule has 4 nitrogen and oxygen atoms in total. The number of aryl methyl sites for hydroxylation is 1. The van der Waals surface area contributed by atoms with E-state index in [2.05, 4.69) is 4.90 Å².